The highest BCUT2D eigenvalue weighted by atomic mass is 16.5. The monoisotopic (exact) mass is 246 g/mol. The number of aromatic nitrogens is 1. The minimum Gasteiger partial charge on any atom is -0.619 e. The average Bonchev–Trinajstić information content (AvgIpc) is 2.90. The molecule has 3 atom stereocenters. The molecule has 1 heterocycles. The maximum absolute atomic E-state index is 11.9. The van der Waals surface area contributed by atoms with E-state index in [-0.39, 0.29) is 5.91 Å². The van der Waals surface area contributed by atoms with Gasteiger partial charge in [-0.25, -0.2) is 0 Å². The zero-order valence-corrected chi connectivity index (χ0v) is 10.3. The lowest BCUT2D eigenvalue weighted by molar-refractivity contribution is -0.604. The van der Waals surface area contributed by atoms with Crippen LogP contribution in [0.25, 0.3) is 0 Å². The van der Waals surface area contributed by atoms with Crippen LogP contribution >= 0.6 is 0 Å². The Bertz CT molecular complexity index is 461. The van der Waals surface area contributed by atoms with Crippen molar-refractivity contribution < 1.29 is 9.52 Å². The van der Waals surface area contributed by atoms with Crippen LogP contribution in [-0.4, -0.2) is 5.91 Å². The molecule has 4 nitrogen and oxygen atoms in total. The van der Waals surface area contributed by atoms with E-state index in [1.807, 2.05) is 0 Å². The fraction of sp³-hybridized carbons (Fsp3) is 0.571. The quantitative estimate of drug-likeness (QED) is 0.655. The zero-order chi connectivity index (χ0) is 12.5. The third kappa shape index (κ3) is 2.33. The predicted molar refractivity (Wildman–Crippen MR) is 67.6 cm³/mol. The molecule has 2 bridgehead atoms. The summed E-state index contributed by atoms with van der Waals surface area (Å²) in [5.41, 5.74) is 0.584. The van der Waals surface area contributed by atoms with Crippen LogP contribution in [0, 0.1) is 23.0 Å². The van der Waals surface area contributed by atoms with Gasteiger partial charge in [0.15, 0.2) is 6.20 Å². The van der Waals surface area contributed by atoms with Gasteiger partial charge in [-0.15, -0.1) is 0 Å². The van der Waals surface area contributed by atoms with Crippen LogP contribution in [-0.2, 0) is 4.79 Å². The Morgan fingerprint density at radius 2 is 2.33 bits per heavy atom. The molecule has 2 aliphatic carbocycles. The number of hydrogen-bond donors (Lipinski definition) is 1. The Balaban J connectivity index is 1.56. The molecule has 96 valence electrons. The van der Waals surface area contributed by atoms with E-state index in [2.05, 4.69) is 5.32 Å². The molecule has 0 spiro atoms. The van der Waals surface area contributed by atoms with Crippen LogP contribution in [0.5, 0.6) is 0 Å². The van der Waals surface area contributed by atoms with Crippen LogP contribution in [0.3, 0.4) is 0 Å². The van der Waals surface area contributed by atoms with E-state index in [4.69, 9.17) is 0 Å². The highest BCUT2D eigenvalue weighted by Crippen LogP contribution is 2.49. The molecule has 0 aliphatic heterocycles. The minimum atomic E-state index is 0.0405. The first-order chi connectivity index (χ1) is 8.70. The molecule has 2 aliphatic rings. The number of pyridine rings is 1. The van der Waals surface area contributed by atoms with E-state index in [9.17, 15) is 10.0 Å². The van der Waals surface area contributed by atoms with Crippen molar-refractivity contribution in [2.24, 2.45) is 17.8 Å². The summed E-state index contributed by atoms with van der Waals surface area (Å²) in [6.45, 7) is 0. The largest absolute Gasteiger partial charge is 0.619 e. The van der Waals surface area contributed by atoms with Gasteiger partial charge in [-0.3, -0.25) is 4.79 Å². The average molecular weight is 246 g/mol. The first-order valence-corrected chi connectivity index (χ1v) is 6.69. The third-order valence-electron chi connectivity index (χ3n) is 4.39. The number of fused-ring (bicyclic) bond motifs is 2. The lowest BCUT2D eigenvalue weighted by Gasteiger charge is -2.20. The second-order valence-electron chi connectivity index (χ2n) is 5.64. The zero-order valence-electron chi connectivity index (χ0n) is 10.3. The summed E-state index contributed by atoms with van der Waals surface area (Å²) in [5, 5.41) is 13.9. The van der Waals surface area contributed by atoms with E-state index in [0.29, 0.717) is 22.8 Å². The smallest absolute Gasteiger partial charge is 0.224 e. The topological polar surface area (TPSA) is 56.0 Å². The van der Waals surface area contributed by atoms with E-state index in [1.54, 1.807) is 12.1 Å². The van der Waals surface area contributed by atoms with Crippen LogP contribution < -0.4 is 10.0 Å². The second-order valence-corrected chi connectivity index (χ2v) is 5.64. The molecule has 18 heavy (non-hydrogen) atoms. The van der Waals surface area contributed by atoms with Gasteiger partial charge in [0.1, 0.15) is 5.69 Å². The Morgan fingerprint density at radius 3 is 3.00 bits per heavy atom. The molecule has 0 saturated heterocycles. The van der Waals surface area contributed by atoms with Crippen LogP contribution in [0.15, 0.2) is 24.5 Å². The first-order valence-electron chi connectivity index (χ1n) is 6.69. The maximum Gasteiger partial charge on any atom is 0.224 e. The normalized spacial score (nSPS) is 29.4. The Morgan fingerprint density at radius 1 is 1.44 bits per heavy atom. The van der Waals surface area contributed by atoms with E-state index < -0.39 is 0 Å². The van der Waals surface area contributed by atoms with Gasteiger partial charge in [0.05, 0.1) is 0 Å². The number of anilines is 1. The van der Waals surface area contributed by atoms with Crippen molar-refractivity contribution in [2.75, 3.05) is 5.32 Å². The second kappa shape index (κ2) is 4.59. The molecule has 4 heteroatoms. The van der Waals surface area contributed by atoms with Crippen LogP contribution in [0.4, 0.5) is 5.69 Å². The molecular weight excluding hydrogens is 228 g/mol. The third-order valence-corrected chi connectivity index (χ3v) is 4.39. The molecular formula is C14H18N2O2. The molecule has 1 aromatic rings. The Kier molecular flexibility index (Phi) is 2.94. The van der Waals surface area contributed by atoms with Gasteiger partial charge in [-0.2, -0.15) is 4.73 Å². The number of carbonyl (C=O) groups excluding carboxylic acids is 1. The van der Waals surface area contributed by atoms with Crippen LogP contribution in [0.1, 0.15) is 32.1 Å². The number of nitrogens with zero attached hydrogens (tertiary/aromatic N) is 1. The number of amides is 1. The molecule has 2 saturated carbocycles. The molecule has 3 unspecified atom stereocenters. The summed E-state index contributed by atoms with van der Waals surface area (Å²) in [6.07, 6.45) is 8.60. The SMILES string of the molecule is O=C(CC1CC2CCC1C2)Nc1ccc[n+]([O-])c1. The van der Waals surface area contributed by atoms with Crippen molar-refractivity contribution in [3.8, 4) is 0 Å². The summed E-state index contributed by atoms with van der Waals surface area (Å²) >= 11 is 0. The number of carbonyl (C=O) groups is 1. The fourth-order valence-electron chi connectivity index (χ4n) is 3.61. The predicted octanol–water partition coefficient (Wildman–Crippen LogP) is 2.08. The van der Waals surface area contributed by atoms with Crippen molar-refractivity contribution in [1.29, 1.82) is 0 Å². The Labute approximate surface area is 107 Å². The van der Waals surface area contributed by atoms with Gasteiger partial charge in [0, 0.05) is 12.5 Å². The van der Waals surface area contributed by atoms with Crippen molar-refractivity contribution >= 4 is 11.6 Å². The van der Waals surface area contributed by atoms with Crippen LogP contribution in [0.2, 0.25) is 0 Å². The van der Waals surface area contributed by atoms with Gasteiger partial charge in [-0.1, -0.05) is 6.42 Å². The summed E-state index contributed by atoms with van der Waals surface area (Å²) in [5.74, 6) is 2.24. The summed E-state index contributed by atoms with van der Waals surface area (Å²) < 4.78 is 0.702. The first kappa shape index (κ1) is 11.5. The molecule has 1 aromatic heterocycles. The highest BCUT2D eigenvalue weighted by molar-refractivity contribution is 5.90. The van der Waals surface area contributed by atoms with E-state index in [0.717, 1.165) is 11.8 Å². The molecule has 3 rings (SSSR count). The highest BCUT2D eigenvalue weighted by Gasteiger charge is 2.40. The summed E-state index contributed by atoms with van der Waals surface area (Å²) in [4.78, 5) is 11.9. The number of hydrogen-bond acceptors (Lipinski definition) is 2. The van der Waals surface area contributed by atoms with Crippen molar-refractivity contribution in [3.63, 3.8) is 0 Å². The maximum atomic E-state index is 11.9. The fourth-order valence-corrected chi connectivity index (χ4v) is 3.61. The molecule has 1 N–H and O–H groups in total. The van der Waals surface area contributed by atoms with Crippen molar-refractivity contribution in [1.82, 2.24) is 0 Å². The minimum absolute atomic E-state index is 0.0405. The van der Waals surface area contributed by atoms with Gasteiger partial charge >= 0.3 is 0 Å². The van der Waals surface area contributed by atoms with Crippen molar-refractivity contribution in [2.45, 2.75) is 32.1 Å². The standard InChI is InChI=1S/C14H18N2O2/c17-14(15-13-2-1-5-16(18)9-13)8-12-7-10-3-4-11(12)6-10/h1-2,5,9-12H,3-4,6-8H2,(H,15,17). The molecule has 0 aromatic carbocycles. The summed E-state index contributed by atoms with van der Waals surface area (Å²) in [6, 6.07) is 3.38. The number of rotatable bonds is 3. The summed E-state index contributed by atoms with van der Waals surface area (Å²) in [7, 11) is 0. The van der Waals surface area contributed by atoms with Crippen molar-refractivity contribution in [3.05, 3.63) is 29.7 Å². The van der Waals surface area contributed by atoms with E-state index >= 15 is 0 Å². The van der Waals surface area contributed by atoms with Gasteiger partial charge < -0.3 is 10.5 Å². The Hall–Kier alpha value is -1.58. The van der Waals surface area contributed by atoms with Gasteiger partial charge in [0.2, 0.25) is 12.1 Å². The van der Waals surface area contributed by atoms with Gasteiger partial charge in [-0.05, 0) is 43.1 Å². The lowest BCUT2D eigenvalue weighted by atomic mass is 9.86. The molecule has 1 amide bonds. The van der Waals surface area contributed by atoms with E-state index in [1.165, 1.54) is 38.1 Å². The van der Waals surface area contributed by atoms with Gasteiger partial charge in [0.25, 0.3) is 0 Å². The molecule has 0 radical (unpaired) electrons. The number of nitrogens with one attached hydrogen (secondary N) is 1. The lowest BCUT2D eigenvalue weighted by Crippen LogP contribution is -2.26. The molecule has 2 fully saturated rings.